The molecule has 0 radical (unpaired) electrons. The Balaban J connectivity index is 2.49. The van der Waals surface area contributed by atoms with Crippen LogP contribution in [0.3, 0.4) is 0 Å². The molecule has 98 valence electrons. The fourth-order valence-corrected chi connectivity index (χ4v) is 1.46. The number of carboxylic acid groups (broad SMARTS) is 1. The molecule has 18 heavy (non-hydrogen) atoms. The zero-order valence-electron chi connectivity index (χ0n) is 9.73. The van der Waals surface area contributed by atoms with Crippen LogP contribution in [0.1, 0.15) is 18.4 Å². The third-order valence-corrected chi connectivity index (χ3v) is 2.46. The molecule has 0 aromatic heterocycles. The van der Waals surface area contributed by atoms with Crippen LogP contribution in [-0.4, -0.2) is 23.0 Å². The average molecular weight is 254 g/mol. The summed E-state index contributed by atoms with van der Waals surface area (Å²) in [6, 6.07) is 5.09. The number of carbonyl (C=O) groups is 2. The molecule has 0 unspecified atom stereocenters. The minimum atomic E-state index is -0.982. The maximum atomic E-state index is 12.7. The smallest absolute Gasteiger partial charge is 0.303 e. The standard InChI is InChI=1S/C12H15FN2O3/c13-9-3-1-8(2-4-9)7-15-10(12(14)18)5-6-11(16)17/h1-4,10,15H,5-7H2,(H2,14,18)(H,16,17)/t10-/m0/s1. The van der Waals surface area contributed by atoms with E-state index in [1.165, 1.54) is 12.1 Å². The van der Waals surface area contributed by atoms with Gasteiger partial charge in [-0.2, -0.15) is 0 Å². The molecule has 0 aliphatic carbocycles. The summed E-state index contributed by atoms with van der Waals surface area (Å²) >= 11 is 0. The van der Waals surface area contributed by atoms with Gasteiger partial charge in [0, 0.05) is 13.0 Å². The molecule has 1 aromatic rings. The number of carboxylic acids is 1. The van der Waals surface area contributed by atoms with Crippen molar-refractivity contribution in [2.75, 3.05) is 0 Å². The SMILES string of the molecule is NC(=O)[C@H](CCC(=O)O)NCc1ccc(F)cc1. The minimum Gasteiger partial charge on any atom is -0.481 e. The summed E-state index contributed by atoms with van der Waals surface area (Å²) in [6.45, 7) is 0.327. The summed E-state index contributed by atoms with van der Waals surface area (Å²) in [7, 11) is 0. The van der Waals surface area contributed by atoms with Crippen molar-refractivity contribution in [3.05, 3.63) is 35.6 Å². The molecule has 4 N–H and O–H groups in total. The first-order valence-corrected chi connectivity index (χ1v) is 5.48. The van der Waals surface area contributed by atoms with Crippen LogP contribution in [-0.2, 0) is 16.1 Å². The van der Waals surface area contributed by atoms with Crippen molar-refractivity contribution in [1.29, 1.82) is 0 Å². The summed E-state index contributed by atoms with van der Waals surface area (Å²) in [6.07, 6.45) is -0.00408. The monoisotopic (exact) mass is 254 g/mol. The molecule has 0 saturated carbocycles. The molecule has 0 aliphatic rings. The first kappa shape index (κ1) is 14.1. The van der Waals surface area contributed by atoms with Crippen LogP contribution in [0, 0.1) is 5.82 Å². The largest absolute Gasteiger partial charge is 0.481 e. The van der Waals surface area contributed by atoms with Crippen molar-refractivity contribution in [2.24, 2.45) is 5.73 Å². The van der Waals surface area contributed by atoms with Crippen molar-refractivity contribution in [3.63, 3.8) is 0 Å². The molecule has 0 saturated heterocycles. The molecule has 1 aromatic carbocycles. The molecule has 0 aliphatic heterocycles. The number of aliphatic carboxylic acids is 1. The Morgan fingerprint density at radius 2 is 1.94 bits per heavy atom. The number of halogens is 1. The molecule has 1 atom stereocenters. The van der Waals surface area contributed by atoms with Crippen LogP contribution in [0.5, 0.6) is 0 Å². The first-order valence-electron chi connectivity index (χ1n) is 5.48. The van der Waals surface area contributed by atoms with Crippen LogP contribution in [0.15, 0.2) is 24.3 Å². The maximum Gasteiger partial charge on any atom is 0.303 e. The first-order chi connectivity index (χ1) is 8.49. The maximum absolute atomic E-state index is 12.7. The third kappa shape index (κ3) is 4.92. The van der Waals surface area contributed by atoms with Gasteiger partial charge >= 0.3 is 5.97 Å². The summed E-state index contributed by atoms with van der Waals surface area (Å²) in [5.74, 6) is -1.92. The van der Waals surface area contributed by atoms with E-state index < -0.39 is 17.9 Å². The summed E-state index contributed by atoms with van der Waals surface area (Å²) in [5.41, 5.74) is 5.95. The highest BCUT2D eigenvalue weighted by atomic mass is 19.1. The molecule has 0 fully saturated rings. The number of rotatable bonds is 7. The van der Waals surface area contributed by atoms with E-state index in [9.17, 15) is 14.0 Å². The molecule has 1 amide bonds. The predicted octanol–water partition coefficient (Wildman–Crippen LogP) is 0.634. The van der Waals surface area contributed by atoms with Gasteiger partial charge in [-0.05, 0) is 24.1 Å². The van der Waals surface area contributed by atoms with Gasteiger partial charge in [-0.1, -0.05) is 12.1 Å². The number of benzene rings is 1. The van der Waals surface area contributed by atoms with Crippen molar-refractivity contribution >= 4 is 11.9 Å². The van der Waals surface area contributed by atoms with E-state index in [4.69, 9.17) is 10.8 Å². The second-order valence-electron chi connectivity index (χ2n) is 3.89. The lowest BCUT2D eigenvalue weighted by Crippen LogP contribution is -2.41. The Hall–Kier alpha value is -1.95. The summed E-state index contributed by atoms with van der Waals surface area (Å²) in [4.78, 5) is 21.5. The normalized spacial score (nSPS) is 12.1. The average Bonchev–Trinajstić information content (AvgIpc) is 2.30. The number of nitrogens with two attached hydrogens (primary N) is 1. The molecule has 0 spiro atoms. The van der Waals surface area contributed by atoms with Crippen LogP contribution < -0.4 is 11.1 Å². The molecule has 1 rings (SSSR count). The fraction of sp³-hybridized carbons (Fsp3) is 0.333. The number of amides is 1. The zero-order chi connectivity index (χ0) is 13.5. The second-order valence-corrected chi connectivity index (χ2v) is 3.89. The summed E-state index contributed by atoms with van der Waals surface area (Å²) in [5, 5.41) is 11.4. The van der Waals surface area contributed by atoms with E-state index in [1.807, 2.05) is 0 Å². The Labute approximate surface area is 104 Å². The molecule has 0 heterocycles. The molecular formula is C12H15FN2O3. The van der Waals surface area contributed by atoms with Gasteiger partial charge in [0.15, 0.2) is 0 Å². The van der Waals surface area contributed by atoms with Gasteiger partial charge < -0.3 is 16.2 Å². The van der Waals surface area contributed by atoms with Crippen molar-refractivity contribution < 1.29 is 19.1 Å². The van der Waals surface area contributed by atoms with Gasteiger partial charge in [0.2, 0.25) is 5.91 Å². The Kier molecular flexibility index (Phi) is 5.26. The number of hydrogen-bond donors (Lipinski definition) is 3. The Morgan fingerprint density at radius 3 is 2.44 bits per heavy atom. The molecule has 6 heteroatoms. The topological polar surface area (TPSA) is 92.4 Å². The lowest BCUT2D eigenvalue weighted by molar-refractivity contribution is -0.137. The minimum absolute atomic E-state index is 0.131. The van der Waals surface area contributed by atoms with E-state index in [-0.39, 0.29) is 18.7 Å². The third-order valence-electron chi connectivity index (χ3n) is 2.46. The lowest BCUT2D eigenvalue weighted by Gasteiger charge is -2.14. The van der Waals surface area contributed by atoms with Gasteiger partial charge in [-0.15, -0.1) is 0 Å². The van der Waals surface area contributed by atoms with E-state index in [2.05, 4.69) is 5.32 Å². The van der Waals surface area contributed by atoms with Gasteiger partial charge in [0.1, 0.15) is 5.82 Å². The van der Waals surface area contributed by atoms with E-state index in [0.29, 0.717) is 6.54 Å². The van der Waals surface area contributed by atoms with Crippen LogP contribution in [0.2, 0.25) is 0 Å². The molecular weight excluding hydrogens is 239 g/mol. The van der Waals surface area contributed by atoms with Crippen LogP contribution >= 0.6 is 0 Å². The van der Waals surface area contributed by atoms with Gasteiger partial charge in [0.05, 0.1) is 6.04 Å². The van der Waals surface area contributed by atoms with Gasteiger partial charge in [0.25, 0.3) is 0 Å². The molecule has 0 bridgehead atoms. The number of nitrogens with one attached hydrogen (secondary N) is 1. The van der Waals surface area contributed by atoms with Crippen molar-refractivity contribution in [2.45, 2.75) is 25.4 Å². The second kappa shape index (κ2) is 6.70. The number of carbonyl (C=O) groups excluding carboxylic acids is 1. The highest BCUT2D eigenvalue weighted by molar-refractivity contribution is 5.80. The number of primary amides is 1. The van der Waals surface area contributed by atoms with E-state index in [1.54, 1.807) is 12.1 Å². The van der Waals surface area contributed by atoms with E-state index >= 15 is 0 Å². The van der Waals surface area contributed by atoms with Gasteiger partial charge in [-0.3, -0.25) is 9.59 Å². The Bertz CT molecular complexity index is 420. The quantitative estimate of drug-likeness (QED) is 0.665. The van der Waals surface area contributed by atoms with Crippen molar-refractivity contribution in [3.8, 4) is 0 Å². The number of hydrogen-bond acceptors (Lipinski definition) is 3. The van der Waals surface area contributed by atoms with Crippen molar-refractivity contribution in [1.82, 2.24) is 5.32 Å². The highest BCUT2D eigenvalue weighted by Gasteiger charge is 2.15. The Morgan fingerprint density at radius 1 is 1.33 bits per heavy atom. The van der Waals surface area contributed by atoms with Crippen LogP contribution in [0.25, 0.3) is 0 Å². The fourth-order valence-electron chi connectivity index (χ4n) is 1.46. The van der Waals surface area contributed by atoms with Gasteiger partial charge in [-0.25, -0.2) is 4.39 Å². The zero-order valence-corrected chi connectivity index (χ0v) is 9.73. The summed E-state index contributed by atoms with van der Waals surface area (Å²) < 4.78 is 12.7. The van der Waals surface area contributed by atoms with E-state index in [0.717, 1.165) is 5.56 Å². The highest BCUT2D eigenvalue weighted by Crippen LogP contribution is 2.04. The van der Waals surface area contributed by atoms with Crippen LogP contribution in [0.4, 0.5) is 4.39 Å². The lowest BCUT2D eigenvalue weighted by atomic mass is 10.1. The molecule has 5 nitrogen and oxygen atoms in total. The predicted molar refractivity (Wildman–Crippen MR) is 63.1 cm³/mol.